The minimum absolute atomic E-state index is 0.0185. The van der Waals surface area contributed by atoms with Gasteiger partial charge in [-0.25, -0.2) is 4.39 Å². The van der Waals surface area contributed by atoms with Crippen molar-refractivity contribution in [1.82, 2.24) is 0 Å². The van der Waals surface area contributed by atoms with Crippen LogP contribution in [0.3, 0.4) is 0 Å². The fourth-order valence-electron chi connectivity index (χ4n) is 5.46. The summed E-state index contributed by atoms with van der Waals surface area (Å²) in [6.07, 6.45) is 6.72. The summed E-state index contributed by atoms with van der Waals surface area (Å²) in [4.78, 5) is 0. The number of anilines is 1. The zero-order valence-corrected chi connectivity index (χ0v) is 13.7. The average molecular weight is 353 g/mol. The molecule has 21 heavy (non-hydrogen) atoms. The number of hydrogen-bond donors (Lipinski definition) is 2. The highest BCUT2D eigenvalue weighted by Gasteiger charge is 2.56. The van der Waals surface area contributed by atoms with Gasteiger partial charge in [0.15, 0.2) is 0 Å². The number of nitrogens with two attached hydrogens (primary N) is 1. The van der Waals surface area contributed by atoms with Crippen LogP contribution in [0, 0.1) is 29.5 Å². The molecule has 4 bridgehead atoms. The van der Waals surface area contributed by atoms with Crippen LogP contribution < -0.4 is 11.1 Å². The molecule has 0 unspecified atom stereocenters. The molecular weight excluding hydrogens is 331 g/mol. The van der Waals surface area contributed by atoms with Crippen LogP contribution in [0.15, 0.2) is 22.7 Å². The van der Waals surface area contributed by atoms with Crippen molar-refractivity contribution < 1.29 is 4.39 Å². The summed E-state index contributed by atoms with van der Waals surface area (Å²) in [6.45, 7) is 0.677. The topological polar surface area (TPSA) is 38.0 Å². The normalized spacial score (nSPS) is 40.5. The first-order chi connectivity index (χ1) is 10.1. The van der Waals surface area contributed by atoms with Gasteiger partial charge in [0.25, 0.3) is 0 Å². The summed E-state index contributed by atoms with van der Waals surface area (Å²) in [5.41, 5.74) is 7.26. The Bertz CT molecular complexity index is 532. The minimum Gasteiger partial charge on any atom is -0.378 e. The molecule has 0 aromatic heterocycles. The maximum atomic E-state index is 13.4. The molecule has 0 spiro atoms. The van der Waals surface area contributed by atoms with Crippen LogP contribution in [0.1, 0.15) is 32.1 Å². The Hall–Kier alpha value is -0.610. The molecule has 0 atom stereocenters. The van der Waals surface area contributed by atoms with E-state index < -0.39 is 0 Å². The summed E-state index contributed by atoms with van der Waals surface area (Å²) in [5.74, 6) is 3.00. The molecule has 1 aromatic carbocycles. The van der Waals surface area contributed by atoms with Gasteiger partial charge < -0.3 is 11.1 Å². The largest absolute Gasteiger partial charge is 0.378 e. The SMILES string of the molecule is NCC1(Nc2ccc(F)c(Br)c2)C2CC3CC(C2)CC1C3. The third kappa shape index (κ3) is 2.14. The van der Waals surface area contributed by atoms with Crippen molar-refractivity contribution in [3.05, 3.63) is 28.5 Å². The van der Waals surface area contributed by atoms with Crippen LogP contribution in [0.2, 0.25) is 0 Å². The predicted molar refractivity (Wildman–Crippen MR) is 86.6 cm³/mol. The Labute approximate surface area is 133 Å². The molecule has 3 N–H and O–H groups in total. The van der Waals surface area contributed by atoms with Crippen LogP contribution in [0.5, 0.6) is 0 Å². The lowest BCUT2D eigenvalue weighted by Gasteiger charge is -2.61. The van der Waals surface area contributed by atoms with Crippen LogP contribution in [-0.4, -0.2) is 12.1 Å². The van der Waals surface area contributed by atoms with E-state index in [2.05, 4.69) is 21.2 Å². The van der Waals surface area contributed by atoms with Gasteiger partial charge in [0, 0.05) is 12.2 Å². The molecule has 4 heteroatoms. The molecule has 0 heterocycles. The van der Waals surface area contributed by atoms with Crippen molar-refractivity contribution in [2.45, 2.75) is 37.6 Å². The van der Waals surface area contributed by atoms with Gasteiger partial charge in [-0.3, -0.25) is 0 Å². The van der Waals surface area contributed by atoms with E-state index in [0.29, 0.717) is 22.9 Å². The van der Waals surface area contributed by atoms with Crippen LogP contribution >= 0.6 is 15.9 Å². The van der Waals surface area contributed by atoms with Gasteiger partial charge >= 0.3 is 0 Å². The Morgan fingerprint density at radius 2 is 1.76 bits per heavy atom. The number of halogens is 2. The van der Waals surface area contributed by atoms with Crippen molar-refractivity contribution in [3.63, 3.8) is 0 Å². The average Bonchev–Trinajstić information content (AvgIpc) is 2.46. The molecule has 4 saturated carbocycles. The third-order valence-electron chi connectivity index (χ3n) is 6.23. The van der Waals surface area contributed by atoms with Crippen molar-refractivity contribution >= 4 is 21.6 Å². The Morgan fingerprint density at radius 3 is 2.29 bits per heavy atom. The quantitative estimate of drug-likeness (QED) is 0.857. The zero-order valence-electron chi connectivity index (χ0n) is 12.1. The smallest absolute Gasteiger partial charge is 0.137 e. The molecule has 0 radical (unpaired) electrons. The van der Waals surface area contributed by atoms with E-state index in [1.165, 1.54) is 38.2 Å². The molecule has 2 nitrogen and oxygen atoms in total. The minimum atomic E-state index is -0.215. The maximum absolute atomic E-state index is 13.4. The van der Waals surface area contributed by atoms with Gasteiger partial charge in [-0.15, -0.1) is 0 Å². The standard InChI is InChI=1S/C17H22BrFN2/c18-15-8-14(1-2-16(15)19)21-17(9-20)12-4-10-3-11(6-12)7-13(17)5-10/h1-2,8,10-13,21H,3-7,9,20H2. The van der Waals surface area contributed by atoms with Gasteiger partial charge in [-0.1, -0.05) is 0 Å². The monoisotopic (exact) mass is 352 g/mol. The molecule has 4 fully saturated rings. The van der Waals surface area contributed by atoms with Crippen molar-refractivity contribution in [2.75, 3.05) is 11.9 Å². The van der Waals surface area contributed by atoms with Gasteiger partial charge in [-0.2, -0.15) is 0 Å². The van der Waals surface area contributed by atoms with E-state index in [1.807, 2.05) is 12.1 Å². The fraction of sp³-hybridized carbons (Fsp3) is 0.647. The summed E-state index contributed by atoms with van der Waals surface area (Å²) in [6, 6.07) is 5.20. The van der Waals surface area contributed by atoms with Crippen molar-refractivity contribution in [3.8, 4) is 0 Å². The van der Waals surface area contributed by atoms with E-state index in [0.717, 1.165) is 17.5 Å². The first-order valence-corrected chi connectivity index (χ1v) is 8.83. The summed E-state index contributed by atoms with van der Waals surface area (Å²) in [5, 5.41) is 3.73. The zero-order chi connectivity index (χ0) is 14.6. The van der Waals surface area contributed by atoms with Crippen LogP contribution in [0.4, 0.5) is 10.1 Å². The molecule has 0 amide bonds. The molecule has 1 aromatic rings. The number of rotatable bonds is 3. The lowest BCUT2D eigenvalue weighted by Crippen LogP contribution is -2.65. The van der Waals surface area contributed by atoms with Crippen LogP contribution in [0.25, 0.3) is 0 Å². The van der Waals surface area contributed by atoms with Crippen molar-refractivity contribution in [2.24, 2.45) is 29.4 Å². The lowest BCUT2D eigenvalue weighted by molar-refractivity contribution is -0.0405. The van der Waals surface area contributed by atoms with E-state index in [9.17, 15) is 4.39 Å². The molecule has 4 aliphatic carbocycles. The van der Waals surface area contributed by atoms with E-state index in [1.54, 1.807) is 0 Å². The van der Waals surface area contributed by atoms with Gasteiger partial charge in [0.1, 0.15) is 5.82 Å². The van der Waals surface area contributed by atoms with E-state index in [4.69, 9.17) is 5.73 Å². The number of nitrogens with one attached hydrogen (secondary N) is 1. The van der Waals surface area contributed by atoms with E-state index >= 15 is 0 Å². The second-order valence-electron chi connectivity index (χ2n) is 7.30. The first kappa shape index (κ1) is 14.0. The number of hydrogen-bond acceptors (Lipinski definition) is 2. The Morgan fingerprint density at radius 1 is 1.14 bits per heavy atom. The molecule has 4 aliphatic rings. The Kier molecular flexibility index (Phi) is 3.30. The molecule has 0 aliphatic heterocycles. The Balaban J connectivity index is 1.65. The van der Waals surface area contributed by atoms with Gasteiger partial charge in [-0.05, 0) is 89.9 Å². The fourth-order valence-corrected chi connectivity index (χ4v) is 5.84. The lowest BCUT2D eigenvalue weighted by atomic mass is 9.48. The highest BCUT2D eigenvalue weighted by molar-refractivity contribution is 9.10. The summed E-state index contributed by atoms with van der Waals surface area (Å²) in [7, 11) is 0. The van der Waals surface area contributed by atoms with Gasteiger partial charge in [0.2, 0.25) is 0 Å². The molecule has 0 saturated heterocycles. The van der Waals surface area contributed by atoms with Crippen LogP contribution in [-0.2, 0) is 0 Å². The number of benzene rings is 1. The summed E-state index contributed by atoms with van der Waals surface area (Å²) >= 11 is 3.28. The summed E-state index contributed by atoms with van der Waals surface area (Å²) < 4.78 is 14.0. The van der Waals surface area contributed by atoms with Crippen molar-refractivity contribution in [1.29, 1.82) is 0 Å². The van der Waals surface area contributed by atoms with E-state index in [-0.39, 0.29) is 11.4 Å². The highest BCUT2D eigenvalue weighted by atomic mass is 79.9. The second kappa shape index (κ2) is 4.95. The first-order valence-electron chi connectivity index (χ1n) is 8.04. The van der Waals surface area contributed by atoms with Gasteiger partial charge in [0.05, 0.1) is 10.0 Å². The third-order valence-corrected chi connectivity index (χ3v) is 6.84. The molecular formula is C17H22BrFN2. The highest BCUT2D eigenvalue weighted by Crippen LogP contribution is 2.58. The predicted octanol–water partition coefficient (Wildman–Crippen LogP) is 4.15. The molecule has 5 rings (SSSR count). The second-order valence-corrected chi connectivity index (χ2v) is 8.16. The maximum Gasteiger partial charge on any atom is 0.137 e. The molecule has 114 valence electrons.